The summed E-state index contributed by atoms with van der Waals surface area (Å²) in [6.45, 7) is 0.856. The van der Waals surface area contributed by atoms with Crippen LogP contribution in [-0.2, 0) is 11.4 Å². The van der Waals surface area contributed by atoms with Crippen LogP contribution in [0.25, 0.3) is 0 Å². The SMILES string of the molecule is O=C(O)C1CCN(C(=O)Nc2ccc(OCc3ccccn3)c(F)c2)CC1. The van der Waals surface area contributed by atoms with Crippen molar-refractivity contribution in [1.29, 1.82) is 0 Å². The van der Waals surface area contributed by atoms with Crippen molar-refractivity contribution in [3.8, 4) is 5.75 Å². The molecule has 3 rings (SSSR count). The number of pyridine rings is 1. The van der Waals surface area contributed by atoms with Crippen molar-refractivity contribution in [3.63, 3.8) is 0 Å². The lowest BCUT2D eigenvalue weighted by Crippen LogP contribution is -2.42. The summed E-state index contributed by atoms with van der Waals surface area (Å²) >= 11 is 0. The number of nitrogens with zero attached hydrogens (tertiary/aromatic N) is 2. The molecule has 0 radical (unpaired) electrons. The Morgan fingerprint density at radius 1 is 1.26 bits per heavy atom. The van der Waals surface area contributed by atoms with Crippen LogP contribution in [0.15, 0.2) is 42.6 Å². The molecule has 0 saturated carbocycles. The van der Waals surface area contributed by atoms with Gasteiger partial charge >= 0.3 is 12.0 Å². The van der Waals surface area contributed by atoms with Gasteiger partial charge in [0.05, 0.1) is 11.6 Å². The van der Waals surface area contributed by atoms with Crippen LogP contribution in [0.5, 0.6) is 5.75 Å². The third-order valence-electron chi connectivity index (χ3n) is 4.42. The minimum absolute atomic E-state index is 0.0703. The lowest BCUT2D eigenvalue weighted by atomic mass is 9.97. The highest BCUT2D eigenvalue weighted by Gasteiger charge is 2.27. The van der Waals surface area contributed by atoms with E-state index in [9.17, 15) is 14.0 Å². The summed E-state index contributed by atoms with van der Waals surface area (Å²) in [6.07, 6.45) is 2.46. The highest BCUT2D eigenvalue weighted by molar-refractivity contribution is 5.89. The maximum absolute atomic E-state index is 14.2. The Morgan fingerprint density at radius 2 is 2.04 bits per heavy atom. The molecule has 0 atom stereocenters. The first-order chi connectivity index (χ1) is 13.0. The number of carboxylic acids is 1. The van der Waals surface area contributed by atoms with Crippen LogP contribution in [0, 0.1) is 11.7 Å². The fraction of sp³-hybridized carbons (Fsp3) is 0.316. The number of piperidine rings is 1. The first-order valence-electron chi connectivity index (χ1n) is 8.64. The molecule has 2 heterocycles. The van der Waals surface area contributed by atoms with Gasteiger partial charge in [0, 0.05) is 31.0 Å². The van der Waals surface area contributed by atoms with E-state index in [0.29, 0.717) is 37.3 Å². The van der Waals surface area contributed by atoms with Gasteiger partial charge in [-0.1, -0.05) is 6.07 Å². The number of aliphatic carboxylic acids is 1. The fourth-order valence-electron chi connectivity index (χ4n) is 2.86. The van der Waals surface area contributed by atoms with Crippen molar-refractivity contribution in [1.82, 2.24) is 9.88 Å². The summed E-state index contributed by atoms with van der Waals surface area (Å²) in [7, 11) is 0. The van der Waals surface area contributed by atoms with Crippen LogP contribution < -0.4 is 10.1 Å². The fourth-order valence-corrected chi connectivity index (χ4v) is 2.86. The number of carbonyl (C=O) groups excluding carboxylic acids is 1. The molecule has 0 bridgehead atoms. The van der Waals surface area contributed by atoms with Crippen LogP contribution in [0.2, 0.25) is 0 Å². The number of amides is 2. The van der Waals surface area contributed by atoms with Crippen LogP contribution in [0.4, 0.5) is 14.9 Å². The molecule has 1 aliphatic heterocycles. The molecule has 7 nitrogen and oxygen atoms in total. The minimum atomic E-state index is -0.835. The van der Waals surface area contributed by atoms with Gasteiger partial charge in [-0.25, -0.2) is 9.18 Å². The van der Waals surface area contributed by atoms with Crippen molar-refractivity contribution in [2.24, 2.45) is 5.92 Å². The Balaban J connectivity index is 1.54. The average Bonchev–Trinajstić information content (AvgIpc) is 2.68. The maximum atomic E-state index is 14.2. The van der Waals surface area contributed by atoms with Gasteiger partial charge < -0.3 is 20.1 Å². The van der Waals surface area contributed by atoms with Gasteiger partial charge in [0.2, 0.25) is 0 Å². The molecule has 0 unspecified atom stereocenters. The van der Waals surface area contributed by atoms with E-state index in [0.717, 1.165) is 0 Å². The number of benzene rings is 1. The van der Waals surface area contributed by atoms with Crippen molar-refractivity contribution in [2.75, 3.05) is 18.4 Å². The Bertz CT molecular complexity index is 808. The Hall–Kier alpha value is -3.16. The van der Waals surface area contributed by atoms with E-state index >= 15 is 0 Å². The summed E-state index contributed by atoms with van der Waals surface area (Å²) < 4.78 is 19.6. The summed E-state index contributed by atoms with van der Waals surface area (Å²) in [6, 6.07) is 9.20. The molecule has 1 aromatic carbocycles. The van der Waals surface area contributed by atoms with Gasteiger partial charge in [0.25, 0.3) is 0 Å². The van der Waals surface area contributed by atoms with E-state index in [1.54, 1.807) is 24.4 Å². The molecule has 2 N–H and O–H groups in total. The van der Waals surface area contributed by atoms with Gasteiger partial charge in [-0.05, 0) is 37.1 Å². The number of aromatic nitrogens is 1. The Morgan fingerprint density at radius 3 is 2.67 bits per heavy atom. The molecule has 27 heavy (non-hydrogen) atoms. The van der Waals surface area contributed by atoms with E-state index in [-0.39, 0.29) is 18.4 Å². The quantitative estimate of drug-likeness (QED) is 0.840. The van der Waals surface area contributed by atoms with Gasteiger partial charge in [0.15, 0.2) is 11.6 Å². The Labute approximate surface area is 155 Å². The lowest BCUT2D eigenvalue weighted by molar-refractivity contribution is -0.143. The molecule has 8 heteroatoms. The molecule has 2 amide bonds. The van der Waals surface area contributed by atoms with Crippen LogP contribution >= 0.6 is 0 Å². The van der Waals surface area contributed by atoms with E-state index in [1.807, 2.05) is 6.07 Å². The zero-order chi connectivity index (χ0) is 19.2. The number of urea groups is 1. The first-order valence-corrected chi connectivity index (χ1v) is 8.64. The standard InChI is InChI=1S/C19H20FN3O4/c20-16-11-14(4-5-17(16)27-12-15-3-1-2-8-21-15)22-19(26)23-9-6-13(7-10-23)18(24)25/h1-5,8,11,13H,6-7,9-10,12H2,(H,22,26)(H,24,25). The van der Waals surface area contributed by atoms with Gasteiger partial charge in [-0.2, -0.15) is 0 Å². The topological polar surface area (TPSA) is 91.8 Å². The van der Waals surface area contributed by atoms with E-state index < -0.39 is 17.7 Å². The largest absolute Gasteiger partial charge is 0.484 e. The molecule has 0 spiro atoms. The van der Waals surface area contributed by atoms with E-state index in [2.05, 4.69) is 10.3 Å². The third-order valence-corrected chi connectivity index (χ3v) is 4.42. The molecule has 2 aromatic rings. The highest BCUT2D eigenvalue weighted by Crippen LogP contribution is 2.23. The monoisotopic (exact) mass is 373 g/mol. The predicted molar refractivity (Wildman–Crippen MR) is 95.9 cm³/mol. The predicted octanol–water partition coefficient (Wildman–Crippen LogP) is 3.13. The van der Waals surface area contributed by atoms with Gasteiger partial charge in [0.1, 0.15) is 6.61 Å². The average molecular weight is 373 g/mol. The number of ether oxygens (including phenoxy) is 1. The summed E-state index contributed by atoms with van der Waals surface area (Å²) in [4.78, 5) is 28.8. The van der Waals surface area contributed by atoms with Crippen LogP contribution in [0.3, 0.4) is 0 Å². The molecule has 1 saturated heterocycles. The van der Waals surface area contributed by atoms with E-state index in [4.69, 9.17) is 9.84 Å². The number of hydrogen-bond donors (Lipinski definition) is 2. The zero-order valence-electron chi connectivity index (χ0n) is 14.6. The molecular formula is C19H20FN3O4. The van der Waals surface area contributed by atoms with E-state index in [1.165, 1.54) is 17.0 Å². The summed E-state index contributed by atoms with van der Waals surface area (Å²) in [5.74, 6) is -1.77. The Kier molecular flexibility index (Phi) is 5.85. The number of carbonyl (C=O) groups is 2. The first kappa shape index (κ1) is 18.6. The number of rotatable bonds is 5. The summed E-state index contributed by atoms with van der Waals surface area (Å²) in [5.41, 5.74) is 0.988. The normalized spacial score (nSPS) is 14.6. The number of nitrogens with one attached hydrogen (secondary N) is 1. The van der Waals surface area contributed by atoms with Crippen molar-refractivity contribution >= 4 is 17.7 Å². The second-order valence-electron chi connectivity index (χ2n) is 6.28. The lowest BCUT2D eigenvalue weighted by Gasteiger charge is -2.30. The van der Waals surface area contributed by atoms with Crippen LogP contribution in [0.1, 0.15) is 18.5 Å². The van der Waals surface area contributed by atoms with Gasteiger partial charge in [-0.3, -0.25) is 9.78 Å². The smallest absolute Gasteiger partial charge is 0.321 e. The molecule has 1 aromatic heterocycles. The number of halogens is 1. The second-order valence-corrected chi connectivity index (χ2v) is 6.28. The summed E-state index contributed by atoms with van der Waals surface area (Å²) in [5, 5.41) is 11.6. The van der Waals surface area contributed by atoms with Crippen molar-refractivity contribution < 1.29 is 23.8 Å². The molecule has 1 aliphatic rings. The van der Waals surface area contributed by atoms with Crippen molar-refractivity contribution in [3.05, 3.63) is 54.1 Å². The van der Waals surface area contributed by atoms with Gasteiger partial charge in [-0.15, -0.1) is 0 Å². The minimum Gasteiger partial charge on any atom is -0.484 e. The van der Waals surface area contributed by atoms with Crippen LogP contribution in [-0.4, -0.2) is 40.1 Å². The molecule has 0 aliphatic carbocycles. The molecule has 1 fully saturated rings. The highest BCUT2D eigenvalue weighted by atomic mass is 19.1. The number of likely N-dealkylation sites (tertiary alicyclic amines) is 1. The molecular weight excluding hydrogens is 353 g/mol. The number of anilines is 1. The number of hydrogen-bond acceptors (Lipinski definition) is 4. The zero-order valence-corrected chi connectivity index (χ0v) is 14.6. The number of carboxylic acid groups (broad SMARTS) is 1. The second kappa shape index (κ2) is 8.48. The molecule has 142 valence electrons. The van der Waals surface area contributed by atoms with Crippen molar-refractivity contribution in [2.45, 2.75) is 19.4 Å². The third kappa shape index (κ3) is 4.93. The maximum Gasteiger partial charge on any atom is 0.321 e.